The predicted molar refractivity (Wildman–Crippen MR) is 42.1 cm³/mol. The lowest BCUT2D eigenvalue weighted by Gasteiger charge is -2.09. The van der Waals surface area contributed by atoms with Gasteiger partial charge in [0.25, 0.3) is 0 Å². The second kappa shape index (κ2) is 3.60. The highest BCUT2D eigenvalue weighted by Gasteiger charge is 2.06. The van der Waals surface area contributed by atoms with Gasteiger partial charge in [0.1, 0.15) is 0 Å². The molecule has 0 heterocycles. The first-order chi connectivity index (χ1) is 5.65. The van der Waals surface area contributed by atoms with Gasteiger partial charge >= 0.3 is 0 Å². The molecule has 0 saturated heterocycles. The highest BCUT2D eigenvalue weighted by atomic mass is 19.2. The second-order valence-electron chi connectivity index (χ2n) is 2.56. The monoisotopic (exact) mass is 172 g/mol. The van der Waals surface area contributed by atoms with Crippen LogP contribution in [-0.4, -0.2) is 0 Å². The fourth-order valence-corrected chi connectivity index (χ4v) is 0.878. The van der Waals surface area contributed by atoms with Gasteiger partial charge in [0.15, 0.2) is 11.6 Å². The highest BCUT2D eigenvalue weighted by Crippen LogP contribution is 2.14. The molecular weight excluding hydrogens is 162 g/mol. The Morgan fingerprint density at radius 1 is 1.33 bits per heavy atom. The van der Waals surface area contributed by atoms with Crippen LogP contribution in [0.1, 0.15) is 18.5 Å². The van der Waals surface area contributed by atoms with E-state index >= 15 is 0 Å². The smallest absolute Gasteiger partial charge is 0.159 e. The Kier molecular flexibility index (Phi) is 2.73. The summed E-state index contributed by atoms with van der Waals surface area (Å²) in [5.74, 6) is 3.43. The van der Waals surface area contributed by atoms with E-state index in [0.29, 0.717) is 5.56 Å². The largest absolute Gasteiger partial charge is 0.271 e. The molecule has 1 aromatic carbocycles. The normalized spacial score (nSPS) is 13.0. The number of hydrogen-bond acceptors (Lipinski definition) is 2. The third-order valence-electron chi connectivity index (χ3n) is 1.69. The van der Waals surface area contributed by atoms with Gasteiger partial charge < -0.3 is 0 Å². The molecule has 3 N–H and O–H groups in total. The van der Waals surface area contributed by atoms with E-state index in [4.69, 9.17) is 5.84 Å². The Balaban J connectivity index is 2.96. The minimum Gasteiger partial charge on any atom is -0.271 e. The molecule has 0 spiro atoms. The summed E-state index contributed by atoms with van der Waals surface area (Å²) in [4.78, 5) is 0. The summed E-state index contributed by atoms with van der Waals surface area (Å²) in [6.07, 6.45) is 0. The van der Waals surface area contributed by atoms with Gasteiger partial charge in [0, 0.05) is 6.04 Å². The molecule has 0 aliphatic carbocycles. The van der Waals surface area contributed by atoms with Crippen molar-refractivity contribution in [2.45, 2.75) is 13.0 Å². The van der Waals surface area contributed by atoms with E-state index in [0.717, 1.165) is 12.1 Å². The maximum Gasteiger partial charge on any atom is 0.159 e. The van der Waals surface area contributed by atoms with Crippen LogP contribution in [0.2, 0.25) is 0 Å². The molecule has 0 aliphatic heterocycles. The summed E-state index contributed by atoms with van der Waals surface area (Å²) in [6, 6.07) is 3.52. The van der Waals surface area contributed by atoms with Gasteiger partial charge in [-0.1, -0.05) is 6.07 Å². The van der Waals surface area contributed by atoms with Crippen molar-refractivity contribution in [2.24, 2.45) is 5.84 Å². The van der Waals surface area contributed by atoms with Gasteiger partial charge in [-0.2, -0.15) is 0 Å². The van der Waals surface area contributed by atoms with Crippen LogP contribution in [0.25, 0.3) is 0 Å². The first kappa shape index (κ1) is 9.09. The molecule has 0 aliphatic rings. The van der Waals surface area contributed by atoms with E-state index in [1.165, 1.54) is 6.07 Å². The van der Waals surface area contributed by atoms with Crippen molar-refractivity contribution in [3.05, 3.63) is 35.4 Å². The van der Waals surface area contributed by atoms with E-state index in [2.05, 4.69) is 5.43 Å². The Bertz CT molecular complexity index is 276. The van der Waals surface area contributed by atoms with Crippen LogP contribution in [0.15, 0.2) is 18.2 Å². The molecular formula is C8H10F2N2. The summed E-state index contributed by atoms with van der Waals surface area (Å²) in [6.45, 7) is 1.76. The molecule has 12 heavy (non-hydrogen) atoms. The van der Waals surface area contributed by atoms with E-state index in [1.807, 2.05) is 0 Å². The van der Waals surface area contributed by atoms with Crippen molar-refractivity contribution >= 4 is 0 Å². The van der Waals surface area contributed by atoms with Crippen molar-refractivity contribution in [3.8, 4) is 0 Å². The van der Waals surface area contributed by atoms with Crippen LogP contribution in [0, 0.1) is 11.6 Å². The molecule has 0 unspecified atom stereocenters. The molecule has 1 atom stereocenters. The molecule has 0 radical (unpaired) electrons. The number of halogens is 2. The number of nitrogens with two attached hydrogens (primary N) is 1. The van der Waals surface area contributed by atoms with Crippen molar-refractivity contribution in [2.75, 3.05) is 0 Å². The second-order valence-corrected chi connectivity index (χ2v) is 2.56. The van der Waals surface area contributed by atoms with Crippen molar-refractivity contribution in [3.63, 3.8) is 0 Å². The zero-order chi connectivity index (χ0) is 9.14. The van der Waals surface area contributed by atoms with Crippen LogP contribution in [0.5, 0.6) is 0 Å². The molecule has 66 valence electrons. The zero-order valence-corrected chi connectivity index (χ0v) is 6.64. The van der Waals surface area contributed by atoms with Crippen LogP contribution in [-0.2, 0) is 0 Å². The zero-order valence-electron chi connectivity index (χ0n) is 6.64. The Morgan fingerprint density at radius 3 is 2.50 bits per heavy atom. The van der Waals surface area contributed by atoms with Crippen LogP contribution >= 0.6 is 0 Å². The Labute approximate surface area is 69.4 Å². The minimum atomic E-state index is -0.852. The highest BCUT2D eigenvalue weighted by molar-refractivity contribution is 5.20. The molecule has 2 nitrogen and oxygen atoms in total. The van der Waals surface area contributed by atoms with E-state index in [9.17, 15) is 8.78 Å². The quantitative estimate of drug-likeness (QED) is 0.524. The fraction of sp³-hybridized carbons (Fsp3) is 0.250. The number of benzene rings is 1. The summed E-state index contributed by atoms with van der Waals surface area (Å²) in [5.41, 5.74) is 3.06. The van der Waals surface area contributed by atoms with E-state index in [-0.39, 0.29) is 6.04 Å². The molecule has 1 aromatic rings. The predicted octanol–water partition coefficient (Wildman–Crippen LogP) is 1.49. The van der Waals surface area contributed by atoms with E-state index in [1.54, 1.807) is 6.92 Å². The van der Waals surface area contributed by atoms with Crippen LogP contribution < -0.4 is 11.3 Å². The first-order valence-corrected chi connectivity index (χ1v) is 3.56. The average Bonchev–Trinajstić information content (AvgIpc) is 2.08. The lowest BCUT2D eigenvalue weighted by Crippen LogP contribution is -2.25. The molecule has 0 saturated carbocycles. The lowest BCUT2D eigenvalue weighted by atomic mass is 10.1. The number of rotatable bonds is 2. The van der Waals surface area contributed by atoms with Gasteiger partial charge in [0.2, 0.25) is 0 Å². The third kappa shape index (κ3) is 1.78. The number of hydrogen-bond donors (Lipinski definition) is 2. The van der Waals surface area contributed by atoms with Gasteiger partial charge in [0.05, 0.1) is 0 Å². The maximum atomic E-state index is 12.6. The van der Waals surface area contributed by atoms with Gasteiger partial charge in [-0.3, -0.25) is 11.3 Å². The summed E-state index contributed by atoms with van der Waals surface area (Å²) < 4.78 is 25.1. The standard InChI is InChI=1S/C8H10F2N2/c1-5(12-11)6-2-3-7(9)8(10)4-6/h2-5,12H,11H2,1H3/t5-/m1/s1. The van der Waals surface area contributed by atoms with Gasteiger partial charge in [-0.25, -0.2) is 8.78 Å². The lowest BCUT2D eigenvalue weighted by molar-refractivity contribution is 0.502. The van der Waals surface area contributed by atoms with Gasteiger partial charge in [-0.05, 0) is 24.6 Å². The average molecular weight is 172 g/mol. The molecule has 0 aromatic heterocycles. The number of hydrazine groups is 1. The Hall–Kier alpha value is -1.00. The maximum absolute atomic E-state index is 12.6. The minimum absolute atomic E-state index is 0.180. The van der Waals surface area contributed by atoms with Crippen LogP contribution in [0.3, 0.4) is 0 Å². The van der Waals surface area contributed by atoms with E-state index < -0.39 is 11.6 Å². The third-order valence-corrected chi connectivity index (χ3v) is 1.69. The summed E-state index contributed by atoms with van der Waals surface area (Å²) in [5, 5.41) is 0. The molecule has 4 heteroatoms. The molecule has 0 amide bonds. The van der Waals surface area contributed by atoms with Gasteiger partial charge in [-0.15, -0.1) is 0 Å². The van der Waals surface area contributed by atoms with Crippen molar-refractivity contribution < 1.29 is 8.78 Å². The molecule has 0 fully saturated rings. The van der Waals surface area contributed by atoms with Crippen molar-refractivity contribution in [1.82, 2.24) is 5.43 Å². The van der Waals surface area contributed by atoms with Crippen LogP contribution in [0.4, 0.5) is 8.78 Å². The molecule has 1 rings (SSSR count). The SMILES string of the molecule is C[C@@H](NN)c1ccc(F)c(F)c1. The molecule has 0 bridgehead atoms. The first-order valence-electron chi connectivity index (χ1n) is 3.56. The fourth-order valence-electron chi connectivity index (χ4n) is 0.878. The summed E-state index contributed by atoms with van der Waals surface area (Å²) in [7, 11) is 0. The topological polar surface area (TPSA) is 38.0 Å². The van der Waals surface area contributed by atoms with Crippen molar-refractivity contribution in [1.29, 1.82) is 0 Å². The number of nitrogens with one attached hydrogen (secondary N) is 1. The summed E-state index contributed by atoms with van der Waals surface area (Å²) >= 11 is 0. The Morgan fingerprint density at radius 2 is 2.00 bits per heavy atom.